The highest BCUT2D eigenvalue weighted by Crippen LogP contribution is 2.68. The largest absolute Gasteiger partial charge is 0.778 e. The molecule has 0 saturated carbocycles. The number of aryl methyl sites for hydroxylation is 1. The number of nitrogens with one attached hydrogen (secondary N) is 2. The number of imidazole rings is 2. The van der Waals surface area contributed by atoms with E-state index in [1.54, 1.807) is 0 Å². The highest BCUT2D eigenvalue weighted by molar-refractivity contribution is 7.66. The van der Waals surface area contributed by atoms with Crippen LogP contribution in [0.5, 0.6) is 0 Å². The van der Waals surface area contributed by atoms with Crippen molar-refractivity contribution in [1.29, 1.82) is 0 Å². The van der Waals surface area contributed by atoms with E-state index in [1.165, 1.54) is 36.6 Å². The van der Waals surface area contributed by atoms with Crippen LogP contribution in [0.15, 0.2) is 39.3 Å². The second-order valence-corrected chi connectivity index (χ2v) is 24.2. The van der Waals surface area contributed by atoms with Gasteiger partial charge in [0.05, 0.1) is 51.1 Å². The van der Waals surface area contributed by atoms with Crippen LogP contribution in [0.25, 0.3) is 22.3 Å². The number of carbonyl (C=O) groups is 1. The first-order chi connectivity index (χ1) is 35.9. The van der Waals surface area contributed by atoms with Gasteiger partial charge < -0.3 is 85.0 Å². The number of phosphoric ester groups is 2. The number of anilines is 3. The molecule has 77 heavy (non-hydrogen) atoms. The van der Waals surface area contributed by atoms with E-state index in [2.05, 4.69) is 38.5 Å². The van der Waals surface area contributed by atoms with Crippen LogP contribution in [0.3, 0.4) is 0 Å². The van der Waals surface area contributed by atoms with Gasteiger partial charge in [-0.25, -0.2) is 28.0 Å². The fraction of sp³-hybridized carbons (Fsp3) is 0.571. The van der Waals surface area contributed by atoms with E-state index in [4.69, 9.17) is 49.7 Å². The molecule has 1 amide bonds. The van der Waals surface area contributed by atoms with E-state index < -0.39 is 153 Å². The number of hydrogen-bond acceptors (Lipinski definition) is 28. The summed E-state index contributed by atoms with van der Waals surface area (Å²) in [6.07, 6.45) is -14.3. The Morgan fingerprint density at radius 1 is 0.818 bits per heavy atom. The topological polar surface area (TPSA) is 547 Å². The molecule has 0 spiro atoms. The third-order valence-electron chi connectivity index (χ3n) is 12.3. The molecule has 8 heterocycles. The number of nitrogens with zero attached hydrogens (tertiary/aromatic N) is 9. The lowest BCUT2D eigenvalue weighted by Crippen LogP contribution is -2.45. The van der Waals surface area contributed by atoms with E-state index in [0.29, 0.717) is 4.57 Å². The summed E-state index contributed by atoms with van der Waals surface area (Å²) in [5.41, 5.74) is 11.8. The molecule has 16 atom stereocenters. The highest BCUT2D eigenvalue weighted by Gasteiger charge is 2.55. The Labute approximate surface area is 429 Å². The molecule has 0 aliphatic carbocycles. The first kappa shape index (κ1) is 57.9. The number of rotatable bonds is 20. The third-order valence-corrected chi connectivity index (χ3v) is 18.4. The van der Waals surface area contributed by atoms with E-state index >= 15 is 0 Å². The monoisotopic (exact) mass is 1170 g/mol. The number of methoxy groups -OCH3 is 1. The van der Waals surface area contributed by atoms with E-state index in [0.717, 1.165) is 35.2 Å². The molecule has 3 aliphatic heterocycles. The molecule has 0 aromatic carbocycles. The van der Waals surface area contributed by atoms with Crippen molar-refractivity contribution in [3.63, 3.8) is 0 Å². The molecule has 42 heteroatoms. The van der Waals surface area contributed by atoms with Gasteiger partial charge in [0.2, 0.25) is 23.6 Å². The predicted molar refractivity (Wildman–Crippen MR) is 250 cm³/mol. The summed E-state index contributed by atoms with van der Waals surface area (Å²) in [4.78, 5) is 118. The molecule has 5 aromatic heterocycles. The molecule has 5 aromatic rings. The molecule has 3 saturated heterocycles. The second kappa shape index (κ2) is 21.8. The zero-order chi connectivity index (χ0) is 56.4. The summed E-state index contributed by atoms with van der Waals surface area (Å²) in [6, 6.07) is 1.11. The van der Waals surface area contributed by atoms with Gasteiger partial charge in [-0.1, -0.05) is 4.98 Å². The van der Waals surface area contributed by atoms with Crippen LogP contribution in [0, 0.1) is 5.92 Å². The lowest BCUT2D eigenvalue weighted by Gasteiger charge is -2.35. The zero-order valence-electron chi connectivity index (χ0n) is 40.1. The molecule has 424 valence electrons. The van der Waals surface area contributed by atoms with Crippen molar-refractivity contribution < 1.29 is 104 Å². The van der Waals surface area contributed by atoms with Gasteiger partial charge in [-0.2, -0.15) is 18.6 Å². The van der Waals surface area contributed by atoms with Crippen LogP contribution >= 0.6 is 31.1 Å². The number of H-pyrrole nitrogens is 2. The maximum atomic E-state index is 14.2. The van der Waals surface area contributed by atoms with Crippen molar-refractivity contribution in [3.05, 3.63) is 56.1 Å². The van der Waals surface area contributed by atoms with Gasteiger partial charge >= 0.3 is 34.8 Å². The Morgan fingerprint density at radius 3 is 2.06 bits per heavy atom. The maximum Gasteiger partial charge on any atom is 0.490 e. The van der Waals surface area contributed by atoms with Crippen LogP contribution in [-0.2, 0) is 71.2 Å². The average molecular weight is 1170 g/mol. The summed E-state index contributed by atoms with van der Waals surface area (Å²) in [5, 5.41) is 33.3. The van der Waals surface area contributed by atoms with Gasteiger partial charge in [-0.15, -0.1) is 0 Å². The van der Waals surface area contributed by atoms with Gasteiger partial charge in [0.15, 0.2) is 29.9 Å². The molecular formula is C35H50N14O24P4. The number of carbonyl (C=O) groups excluding carboxylic acids is 1. The first-order valence-electron chi connectivity index (χ1n) is 22.1. The zero-order valence-corrected chi connectivity index (χ0v) is 43.7. The van der Waals surface area contributed by atoms with E-state index in [-0.39, 0.29) is 40.0 Å². The van der Waals surface area contributed by atoms with Gasteiger partial charge in [-0.05, 0) is 6.07 Å². The fourth-order valence-electron chi connectivity index (χ4n) is 8.76. The number of amides is 1. The van der Waals surface area contributed by atoms with Crippen molar-refractivity contribution >= 4 is 77.0 Å². The quantitative estimate of drug-likeness (QED) is 0.0256. The van der Waals surface area contributed by atoms with Crippen molar-refractivity contribution in [2.75, 3.05) is 58.2 Å². The SMILES string of the molecule is CO[C@@H]1[C@H](P(=O)([O-])OC[C@H]2O[C@@H](n3cnc4c(=O)[nH]c(N)nc43)[C@H](O)[C@@H]2O)[C@@H](COP(=O)(O)OP(=O)(O)OP(=O)(O)OC[C@H]2O[C@@H]([n+]3cn(C)c4c(=O)[nH]c(N)nc43)[C@H](O)[C@@H]2CC(=O)N(C)C)O[C@H]1n1ccc(N)nc1=O. The van der Waals surface area contributed by atoms with Gasteiger partial charge in [0.25, 0.3) is 17.1 Å². The number of hydrogen-bond donors (Lipinski definition) is 11. The van der Waals surface area contributed by atoms with Crippen LogP contribution in [0.2, 0.25) is 0 Å². The molecule has 8 rings (SSSR count). The lowest BCUT2D eigenvalue weighted by molar-refractivity contribution is -0.745. The Kier molecular flexibility index (Phi) is 16.4. The third kappa shape index (κ3) is 12.0. The minimum Gasteiger partial charge on any atom is -0.778 e. The maximum absolute atomic E-state index is 14.2. The highest BCUT2D eigenvalue weighted by atomic mass is 31.3. The molecule has 14 N–H and O–H groups in total. The fourth-order valence-corrected chi connectivity index (χ4v) is 14.0. The molecule has 4 unspecified atom stereocenters. The Hall–Kier alpha value is -5.27. The average Bonchev–Trinajstić information content (AvgIpc) is 4.14. The van der Waals surface area contributed by atoms with Crippen molar-refractivity contribution in [2.24, 2.45) is 13.0 Å². The van der Waals surface area contributed by atoms with Crippen molar-refractivity contribution in [1.82, 2.24) is 48.5 Å². The number of aliphatic hydroxyl groups is 3. The Balaban J connectivity index is 0.957. The van der Waals surface area contributed by atoms with Crippen LogP contribution < -0.4 is 43.5 Å². The summed E-state index contributed by atoms with van der Waals surface area (Å²) in [7, 11) is -18.6. The smallest absolute Gasteiger partial charge is 0.490 e. The van der Waals surface area contributed by atoms with Crippen LogP contribution in [0.4, 0.5) is 17.7 Å². The van der Waals surface area contributed by atoms with Crippen molar-refractivity contribution in [3.8, 4) is 0 Å². The number of aromatic amines is 2. The Morgan fingerprint density at radius 2 is 1.43 bits per heavy atom. The van der Waals surface area contributed by atoms with Crippen LogP contribution in [0.1, 0.15) is 25.1 Å². The van der Waals surface area contributed by atoms with Crippen molar-refractivity contribution in [2.45, 2.75) is 73.5 Å². The predicted octanol–water partition coefficient (Wildman–Crippen LogP) is -5.12. The van der Waals surface area contributed by atoms with Gasteiger partial charge in [-0.3, -0.25) is 47.1 Å². The first-order valence-corrected chi connectivity index (χ1v) is 28.2. The summed E-state index contributed by atoms with van der Waals surface area (Å²) < 4.78 is 104. The number of phosphoric acid groups is 3. The Bertz CT molecular complexity index is 3450. The van der Waals surface area contributed by atoms with Gasteiger partial charge in [0, 0.05) is 39.7 Å². The summed E-state index contributed by atoms with van der Waals surface area (Å²) in [6.45, 7) is -3.57. The standard InChI is InChI=1S/C35H50N14O24P4/c1-45(2)18(50)7-13-14(69-30(21(13)51)49-12-46(3)20-27(49)42-34(38)44-29(20)55)8-67-75(59,60)72-77(63,64)73-76(61,62)68-10-16-25(24(65-4)32(71-16)47-6-5-17(36)40-35(47)56)74(57,58)66-9-15-22(52)23(53)31(70-15)48-11-39-19-26(48)41-33(37)43-28(19)54/h5-6,11-16,21-25,30-32,51-53H,7-10H2,1-4H3,(H11-,36,37,38,40,41,42,43,44,54,55,56,57,58,59,60,61,62,63,64)/t13-,14-,15-,16-,21-,22-,23-,24-,25-,30-,31-,32-/m1/s1. The van der Waals surface area contributed by atoms with Gasteiger partial charge in [0.1, 0.15) is 43.9 Å². The number of aliphatic hydroxyl groups excluding tert-OH is 3. The minimum atomic E-state index is -6.28. The van der Waals surface area contributed by atoms with Crippen LogP contribution in [-0.4, -0.2) is 174 Å². The van der Waals surface area contributed by atoms with E-state index in [1.807, 2.05) is 0 Å². The van der Waals surface area contributed by atoms with E-state index in [9.17, 15) is 72.3 Å². The lowest BCUT2D eigenvalue weighted by atomic mass is 9.94. The number of nitrogens with two attached hydrogens (primary N) is 3. The number of nitrogen functional groups attached to an aromatic ring is 3. The molecule has 38 nitrogen and oxygen atoms in total. The number of ether oxygens (including phenoxy) is 4. The normalized spacial score (nSPS) is 29.8. The molecule has 0 bridgehead atoms. The number of aromatic nitrogens is 10. The summed E-state index contributed by atoms with van der Waals surface area (Å²) >= 11 is 0. The summed E-state index contributed by atoms with van der Waals surface area (Å²) in [5.74, 6) is -2.75. The molecule has 3 fully saturated rings. The minimum absolute atomic E-state index is 0.0179. The molecule has 3 aliphatic rings. The molecule has 0 radical (unpaired) electrons. The number of fused-ring (bicyclic) bond motifs is 2. The second-order valence-electron chi connectivity index (χ2n) is 17.6. The molecular weight excluding hydrogens is 1120 g/mol.